The number of hydrogen-bond acceptors (Lipinski definition) is 9. The molecule has 2 aliphatic heterocycles. The molecule has 2 unspecified atom stereocenters. The first kappa shape index (κ1) is 23.3. The van der Waals surface area contributed by atoms with E-state index >= 15 is 0 Å². The average Bonchev–Trinajstić information content (AvgIpc) is 3.56. The van der Waals surface area contributed by atoms with Crippen LogP contribution in [0, 0.1) is 5.41 Å². The lowest BCUT2D eigenvalue weighted by Gasteiger charge is -2.21. The second-order valence-electron chi connectivity index (χ2n) is 9.96. The standard InChI is InChI=1S/C24H33N9O2/c1-4-15(2)33-18-11-20(27-12-17(18)21(30-33)31-9-6-16(34)13-31)28-19-5-8-26-23(29-19)32-10-7-24(3,14-32)22(25)35/h5,8,11-12,15-16,34H,4,6-7,9-10,13-14H2,1-3H3,(H2,25,35)(H,26,27,28,29)/t15-,16?,24?/m1/s1. The molecule has 4 N–H and O–H groups in total. The molecule has 0 aliphatic carbocycles. The van der Waals surface area contributed by atoms with E-state index in [1.165, 1.54) is 0 Å². The molecule has 0 spiro atoms. The van der Waals surface area contributed by atoms with Crippen LogP contribution in [0.5, 0.6) is 0 Å². The molecule has 186 valence electrons. The van der Waals surface area contributed by atoms with Gasteiger partial charge in [0.15, 0.2) is 5.82 Å². The summed E-state index contributed by atoms with van der Waals surface area (Å²) in [7, 11) is 0. The maximum atomic E-state index is 11.8. The van der Waals surface area contributed by atoms with E-state index in [1.54, 1.807) is 12.3 Å². The lowest BCUT2D eigenvalue weighted by molar-refractivity contribution is -0.125. The number of carbonyl (C=O) groups is 1. The Morgan fingerprint density at radius 1 is 1.31 bits per heavy atom. The van der Waals surface area contributed by atoms with Gasteiger partial charge in [-0.05, 0) is 39.2 Å². The molecule has 35 heavy (non-hydrogen) atoms. The molecule has 0 saturated carbocycles. The summed E-state index contributed by atoms with van der Waals surface area (Å²) in [5.41, 5.74) is 6.00. The van der Waals surface area contributed by atoms with E-state index in [-0.39, 0.29) is 18.1 Å². The van der Waals surface area contributed by atoms with E-state index in [9.17, 15) is 9.90 Å². The third kappa shape index (κ3) is 4.36. The fourth-order valence-electron chi connectivity index (χ4n) is 4.80. The Kier molecular flexibility index (Phi) is 5.96. The molecule has 3 aromatic heterocycles. The number of aliphatic hydroxyl groups is 1. The van der Waals surface area contributed by atoms with Gasteiger partial charge in [-0.1, -0.05) is 6.92 Å². The zero-order chi connectivity index (χ0) is 24.7. The third-order valence-electron chi connectivity index (χ3n) is 7.29. The van der Waals surface area contributed by atoms with Gasteiger partial charge >= 0.3 is 0 Å². The van der Waals surface area contributed by atoms with Gasteiger partial charge in [-0.25, -0.2) is 9.97 Å². The summed E-state index contributed by atoms with van der Waals surface area (Å²) in [6.07, 6.45) is 5.58. The van der Waals surface area contributed by atoms with Crippen molar-refractivity contribution in [2.24, 2.45) is 11.1 Å². The van der Waals surface area contributed by atoms with Crippen molar-refractivity contribution in [1.29, 1.82) is 0 Å². The van der Waals surface area contributed by atoms with Crippen LogP contribution >= 0.6 is 0 Å². The van der Waals surface area contributed by atoms with Crippen LogP contribution < -0.4 is 20.9 Å². The van der Waals surface area contributed by atoms with Crippen LogP contribution in [-0.2, 0) is 4.79 Å². The first-order valence-corrected chi connectivity index (χ1v) is 12.2. The highest BCUT2D eigenvalue weighted by Gasteiger charge is 2.39. The molecule has 11 nitrogen and oxygen atoms in total. The summed E-state index contributed by atoms with van der Waals surface area (Å²) in [5.74, 6) is 2.40. The topological polar surface area (TPSA) is 138 Å². The summed E-state index contributed by atoms with van der Waals surface area (Å²) >= 11 is 0. The summed E-state index contributed by atoms with van der Waals surface area (Å²) in [6, 6.07) is 4.00. The predicted molar refractivity (Wildman–Crippen MR) is 135 cm³/mol. The van der Waals surface area contributed by atoms with E-state index < -0.39 is 5.41 Å². The number of aromatic nitrogens is 5. The number of rotatable bonds is 7. The fourth-order valence-corrected chi connectivity index (χ4v) is 4.80. The van der Waals surface area contributed by atoms with Crippen molar-refractivity contribution in [3.05, 3.63) is 24.5 Å². The Bertz CT molecular complexity index is 1240. The Balaban J connectivity index is 1.42. The number of hydrogen-bond donors (Lipinski definition) is 3. The number of pyridine rings is 1. The number of β-amino-alcohol motifs (C(OH)–C–C–N with tert-alkyl or cyclic N) is 1. The number of amides is 1. The quantitative estimate of drug-likeness (QED) is 0.465. The average molecular weight is 480 g/mol. The molecule has 3 atom stereocenters. The van der Waals surface area contributed by atoms with Gasteiger partial charge in [-0.15, -0.1) is 0 Å². The molecule has 0 aromatic carbocycles. The molecule has 2 fully saturated rings. The maximum absolute atomic E-state index is 11.8. The second kappa shape index (κ2) is 8.95. The Hall–Kier alpha value is -3.47. The summed E-state index contributed by atoms with van der Waals surface area (Å²) in [4.78, 5) is 29.6. The summed E-state index contributed by atoms with van der Waals surface area (Å²) < 4.78 is 2.04. The van der Waals surface area contributed by atoms with E-state index in [2.05, 4.69) is 39.0 Å². The van der Waals surface area contributed by atoms with Crippen molar-refractivity contribution in [3.8, 4) is 0 Å². The van der Waals surface area contributed by atoms with E-state index in [4.69, 9.17) is 10.8 Å². The van der Waals surface area contributed by atoms with Gasteiger partial charge in [0.25, 0.3) is 0 Å². The second-order valence-corrected chi connectivity index (χ2v) is 9.96. The highest BCUT2D eigenvalue weighted by Crippen LogP contribution is 2.34. The number of nitrogens with one attached hydrogen (secondary N) is 1. The summed E-state index contributed by atoms with van der Waals surface area (Å²) in [5, 5.41) is 19.2. The smallest absolute Gasteiger partial charge is 0.227 e. The number of anilines is 4. The number of aliphatic hydroxyl groups excluding tert-OH is 1. The minimum atomic E-state index is -0.573. The van der Waals surface area contributed by atoms with Crippen LogP contribution in [0.15, 0.2) is 24.5 Å². The van der Waals surface area contributed by atoms with Crippen molar-refractivity contribution < 1.29 is 9.90 Å². The normalized spacial score (nSPS) is 23.3. The Morgan fingerprint density at radius 2 is 2.14 bits per heavy atom. The number of primary amides is 1. The number of nitrogens with zero attached hydrogens (tertiary/aromatic N) is 7. The molecular formula is C24H33N9O2. The van der Waals surface area contributed by atoms with Gasteiger partial charge in [0.2, 0.25) is 11.9 Å². The largest absolute Gasteiger partial charge is 0.391 e. The highest BCUT2D eigenvalue weighted by atomic mass is 16.3. The SMILES string of the molecule is CC[C@@H](C)n1nc(N2CCC(O)C2)c2cnc(Nc3ccnc(N4CCC(C)(C(N)=O)C4)n3)cc21. The molecule has 5 heterocycles. The first-order chi connectivity index (χ1) is 16.8. The van der Waals surface area contributed by atoms with Gasteiger partial charge in [0.1, 0.15) is 11.6 Å². The van der Waals surface area contributed by atoms with Gasteiger partial charge < -0.3 is 26.0 Å². The van der Waals surface area contributed by atoms with E-state index in [0.717, 1.165) is 36.1 Å². The van der Waals surface area contributed by atoms with E-state index in [0.29, 0.717) is 43.6 Å². The number of fused-ring (bicyclic) bond motifs is 1. The molecule has 1 amide bonds. The van der Waals surface area contributed by atoms with Crippen molar-refractivity contribution in [2.45, 2.75) is 52.2 Å². The van der Waals surface area contributed by atoms with Crippen LogP contribution in [0.1, 0.15) is 46.1 Å². The zero-order valence-corrected chi connectivity index (χ0v) is 20.5. The van der Waals surface area contributed by atoms with Gasteiger partial charge in [0.05, 0.1) is 22.4 Å². The first-order valence-electron chi connectivity index (χ1n) is 12.2. The fraction of sp³-hybridized carbons (Fsp3) is 0.542. The minimum Gasteiger partial charge on any atom is -0.391 e. The molecule has 2 saturated heterocycles. The third-order valence-corrected chi connectivity index (χ3v) is 7.29. The molecule has 11 heteroatoms. The molecular weight excluding hydrogens is 446 g/mol. The van der Waals surface area contributed by atoms with Crippen molar-refractivity contribution >= 4 is 40.2 Å². The van der Waals surface area contributed by atoms with E-state index in [1.807, 2.05) is 28.8 Å². The molecule has 0 bridgehead atoms. The Labute approximate surface area is 204 Å². The summed E-state index contributed by atoms with van der Waals surface area (Å²) in [6.45, 7) is 8.71. The van der Waals surface area contributed by atoms with Gasteiger partial charge in [0, 0.05) is 50.7 Å². The minimum absolute atomic E-state index is 0.217. The number of carbonyl (C=O) groups excluding carboxylic acids is 1. The molecule has 0 radical (unpaired) electrons. The lowest BCUT2D eigenvalue weighted by atomic mass is 9.89. The van der Waals surface area contributed by atoms with Crippen LogP contribution in [-0.4, -0.2) is 68.0 Å². The molecule has 2 aliphatic rings. The van der Waals surface area contributed by atoms with Gasteiger partial charge in [-0.3, -0.25) is 9.48 Å². The van der Waals surface area contributed by atoms with Gasteiger partial charge in [-0.2, -0.15) is 10.1 Å². The highest BCUT2D eigenvalue weighted by molar-refractivity contribution is 5.92. The van der Waals surface area contributed by atoms with Crippen LogP contribution in [0.3, 0.4) is 0 Å². The zero-order valence-electron chi connectivity index (χ0n) is 20.5. The predicted octanol–water partition coefficient (Wildman–Crippen LogP) is 2.21. The Morgan fingerprint density at radius 3 is 2.83 bits per heavy atom. The van der Waals surface area contributed by atoms with Crippen LogP contribution in [0.25, 0.3) is 10.9 Å². The lowest BCUT2D eigenvalue weighted by Crippen LogP contribution is -2.37. The van der Waals surface area contributed by atoms with Crippen molar-refractivity contribution in [3.63, 3.8) is 0 Å². The molecule has 3 aromatic rings. The van der Waals surface area contributed by atoms with Crippen molar-refractivity contribution in [2.75, 3.05) is 41.3 Å². The maximum Gasteiger partial charge on any atom is 0.227 e. The molecule has 5 rings (SSSR count). The van der Waals surface area contributed by atoms with Crippen LogP contribution in [0.4, 0.5) is 23.4 Å². The monoisotopic (exact) mass is 479 g/mol. The van der Waals surface area contributed by atoms with Crippen molar-refractivity contribution in [1.82, 2.24) is 24.7 Å². The number of nitrogens with two attached hydrogens (primary N) is 1. The van der Waals surface area contributed by atoms with Crippen LogP contribution in [0.2, 0.25) is 0 Å².